The van der Waals surface area contributed by atoms with E-state index in [2.05, 4.69) is 86.5 Å². The summed E-state index contributed by atoms with van der Waals surface area (Å²) in [5.74, 6) is 0. The number of hydrogen-bond donors (Lipinski definition) is 0. The average molecular weight is 291 g/mol. The smallest absolute Gasteiger partial charge is 0.0314 e. The summed E-state index contributed by atoms with van der Waals surface area (Å²) in [4.78, 5) is 2.53. The molecule has 0 N–H and O–H groups in total. The molecule has 0 spiro atoms. The zero-order valence-corrected chi connectivity index (χ0v) is 13.8. The van der Waals surface area contributed by atoms with Crippen LogP contribution in [0.15, 0.2) is 66.2 Å². The number of likely N-dealkylation sites (N-methyl/N-ethyl adjacent to an activating group) is 1. The fraction of sp³-hybridized carbons (Fsp3) is 0.333. The quantitative estimate of drug-likeness (QED) is 0.770. The molecule has 1 heteroatoms. The van der Waals surface area contributed by atoms with Crippen LogP contribution in [0.5, 0.6) is 0 Å². The molecule has 2 atom stereocenters. The van der Waals surface area contributed by atoms with Gasteiger partial charge in [0.25, 0.3) is 0 Å². The Bertz CT molecular complexity index is 601. The van der Waals surface area contributed by atoms with Crippen LogP contribution in [0, 0.1) is 0 Å². The monoisotopic (exact) mass is 291 g/mol. The van der Waals surface area contributed by atoms with Crippen LogP contribution in [-0.4, -0.2) is 24.0 Å². The van der Waals surface area contributed by atoms with Crippen molar-refractivity contribution in [3.05, 3.63) is 77.4 Å². The molecule has 0 bridgehead atoms. The first-order valence-corrected chi connectivity index (χ1v) is 8.28. The van der Waals surface area contributed by atoms with E-state index in [4.69, 9.17) is 0 Å². The van der Waals surface area contributed by atoms with Crippen molar-refractivity contribution in [2.45, 2.75) is 38.8 Å². The zero-order chi connectivity index (χ0) is 15.5. The van der Waals surface area contributed by atoms with Crippen molar-refractivity contribution in [3.8, 4) is 0 Å². The molecular weight excluding hydrogens is 266 g/mol. The van der Waals surface area contributed by atoms with Crippen molar-refractivity contribution >= 4 is 5.57 Å². The molecule has 1 saturated heterocycles. The summed E-state index contributed by atoms with van der Waals surface area (Å²) in [6.07, 6.45) is 2.33. The highest BCUT2D eigenvalue weighted by Gasteiger charge is 2.33. The van der Waals surface area contributed by atoms with Crippen LogP contribution in [0.4, 0.5) is 0 Å². The highest BCUT2D eigenvalue weighted by Crippen LogP contribution is 2.38. The maximum atomic E-state index is 2.53. The first-order valence-electron chi connectivity index (χ1n) is 8.28. The first kappa shape index (κ1) is 15.1. The van der Waals surface area contributed by atoms with Crippen molar-refractivity contribution in [1.82, 2.24) is 4.90 Å². The summed E-state index contributed by atoms with van der Waals surface area (Å²) >= 11 is 0. The average Bonchev–Trinajstić information content (AvgIpc) is 2.84. The van der Waals surface area contributed by atoms with Crippen molar-refractivity contribution in [2.75, 3.05) is 7.05 Å². The van der Waals surface area contributed by atoms with Gasteiger partial charge in [-0.2, -0.15) is 0 Å². The predicted octanol–water partition coefficient (Wildman–Crippen LogP) is 4.99. The van der Waals surface area contributed by atoms with Crippen LogP contribution in [0.3, 0.4) is 0 Å². The van der Waals surface area contributed by atoms with Crippen molar-refractivity contribution in [3.63, 3.8) is 0 Å². The molecule has 2 aromatic rings. The number of likely N-dealkylation sites (tertiary alicyclic amines) is 1. The van der Waals surface area contributed by atoms with E-state index >= 15 is 0 Å². The van der Waals surface area contributed by atoms with Gasteiger partial charge in [0, 0.05) is 12.1 Å². The lowest BCUT2D eigenvalue weighted by Crippen LogP contribution is -2.30. The topological polar surface area (TPSA) is 3.24 Å². The van der Waals surface area contributed by atoms with Gasteiger partial charge in [-0.05, 0) is 49.1 Å². The minimum Gasteiger partial charge on any atom is -0.297 e. The maximum Gasteiger partial charge on any atom is 0.0314 e. The van der Waals surface area contributed by atoms with Gasteiger partial charge in [-0.1, -0.05) is 67.6 Å². The normalized spacial score (nSPS) is 22.0. The second-order valence-corrected chi connectivity index (χ2v) is 6.27. The largest absolute Gasteiger partial charge is 0.297 e. The van der Waals surface area contributed by atoms with Gasteiger partial charge in [-0.3, -0.25) is 4.90 Å². The molecule has 0 radical (unpaired) electrons. The Balaban J connectivity index is 2.20. The van der Waals surface area contributed by atoms with Crippen LogP contribution < -0.4 is 0 Å². The minimum absolute atomic E-state index is 0.547. The SMILES string of the molecule is CC[C@H]1C(=C(c2ccccc2)c2ccccc2)C[C@H](C)N1C. The van der Waals surface area contributed by atoms with E-state index < -0.39 is 0 Å². The second kappa shape index (κ2) is 6.50. The van der Waals surface area contributed by atoms with Crippen molar-refractivity contribution < 1.29 is 0 Å². The summed E-state index contributed by atoms with van der Waals surface area (Å²) in [5, 5.41) is 0. The Kier molecular flexibility index (Phi) is 4.44. The van der Waals surface area contributed by atoms with E-state index in [9.17, 15) is 0 Å². The third-order valence-electron chi connectivity index (χ3n) is 4.94. The van der Waals surface area contributed by atoms with Gasteiger partial charge in [0.1, 0.15) is 0 Å². The number of rotatable bonds is 3. The van der Waals surface area contributed by atoms with E-state index in [-0.39, 0.29) is 0 Å². The van der Waals surface area contributed by atoms with Crippen LogP contribution in [0.1, 0.15) is 37.8 Å². The van der Waals surface area contributed by atoms with Gasteiger partial charge in [0.05, 0.1) is 0 Å². The Morgan fingerprint density at radius 3 is 1.91 bits per heavy atom. The lowest BCUT2D eigenvalue weighted by molar-refractivity contribution is 0.258. The summed E-state index contributed by atoms with van der Waals surface area (Å²) in [6.45, 7) is 4.64. The minimum atomic E-state index is 0.547. The van der Waals surface area contributed by atoms with Gasteiger partial charge >= 0.3 is 0 Å². The molecule has 1 heterocycles. The third kappa shape index (κ3) is 2.74. The molecule has 1 nitrogen and oxygen atoms in total. The molecule has 0 aliphatic carbocycles. The first-order chi connectivity index (χ1) is 10.7. The molecule has 1 aliphatic rings. The molecule has 0 amide bonds. The van der Waals surface area contributed by atoms with Crippen molar-refractivity contribution in [2.24, 2.45) is 0 Å². The second-order valence-electron chi connectivity index (χ2n) is 6.27. The molecule has 0 aromatic heterocycles. The Hall–Kier alpha value is -1.86. The predicted molar refractivity (Wildman–Crippen MR) is 94.8 cm³/mol. The van der Waals surface area contributed by atoms with E-state index in [1.54, 1.807) is 5.57 Å². The third-order valence-corrected chi connectivity index (χ3v) is 4.94. The highest BCUT2D eigenvalue weighted by molar-refractivity contribution is 5.83. The molecular formula is C21H25N. The Morgan fingerprint density at radius 1 is 0.955 bits per heavy atom. The fourth-order valence-corrected chi connectivity index (χ4v) is 3.70. The molecule has 22 heavy (non-hydrogen) atoms. The van der Waals surface area contributed by atoms with Gasteiger partial charge < -0.3 is 0 Å². The summed E-state index contributed by atoms with van der Waals surface area (Å²) in [6, 6.07) is 22.9. The highest BCUT2D eigenvalue weighted by atomic mass is 15.2. The number of benzene rings is 2. The molecule has 0 unspecified atom stereocenters. The standard InChI is InChI=1S/C21H25N/c1-4-20-19(15-16(2)22(20)3)21(17-11-7-5-8-12-17)18-13-9-6-10-14-18/h5-14,16,20H,4,15H2,1-3H3/t16-,20-/m0/s1. The Morgan fingerprint density at radius 2 is 1.45 bits per heavy atom. The van der Waals surface area contributed by atoms with E-state index in [0.717, 1.165) is 6.42 Å². The van der Waals surface area contributed by atoms with Crippen LogP contribution in [0.25, 0.3) is 5.57 Å². The molecule has 2 aromatic carbocycles. The summed E-state index contributed by atoms with van der Waals surface area (Å²) in [7, 11) is 2.26. The summed E-state index contributed by atoms with van der Waals surface area (Å²) < 4.78 is 0. The Labute approximate surface area is 134 Å². The lowest BCUT2D eigenvalue weighted by atomic mass is 9.88. The van der Waals surface area contributed by atoms with E-state index in [1.807, 2.05) is 0 Å². The van der Waals surface area contributed by atoms with E-state index in [0.29, 0.717) is 12.1 Å². The molecule has 3 rings (SSSR count). The van der Waals surface area contributed by atoms with Crippen LogP contribution in [0.2, 0.25) is 0 Å². The van der Waals surface area contributed by atoms with Gasteiger partial charge in [-0.25, -0.2) is 0 Å². The van der Waals surface area contributed by atoms with Gasteiger partial charge in [-0.15, -0.1) is 0 Å². The number of nitrogens with zero attached hydrogens (tertiary/aromatic N) is 1. The lowest BCUT2D eigenvalue weighted by Gasteiger charge is -2.24. The van der Waals surface area contributed by atoms with Gasteiger partial charge in [0.2, 0.25) is 0 Å². The number of hydrogen-bond acceptors (Lipinski definition) is 1. The maximum absolute atomic E-state index is 2.53. The van der Waals surface area contributed by atoms with Crippen LogP contribution in [-0.2, 0) is 0 Å². The fourth-order valence-electron chi connectivity index (χ4n) is 3.70. The molecule has 1 aliphatic heterocycles. The van der Waals surface area contributed by atoms with Crippen molar-refractivity contribution in [1.29, 1.82) is 0 Å². The zero-order valence-electron chi connectivity index (χ0n) is 13.8. The molecule has 0 saturated carbocycles. The molecule has 114 valence electrons. The summed E-state index contributed by atoms with van der Waals surface area (Å²) in [5.41, 5.74) is 5.70. The van der Waals surface area contributed by atoms with Gasteiger partial charge in [0.15, 0.2) is 0 Å². The van der Waals surface area contributed by atoms with Crippen LogP contribution >= 0.6 is 0 Å². The van der Waals surface area contributed by atoms with E-state index in [1.165, 1.54) is 23.1 Å². The molecule has 1 fully saturated rings.